The lowest BCUT2D eigenvalue weighted by molar-refractivity contribution is -0.116. The highest BCUT2D eigenvalue weighted by Gasteiger charge is 2.26. The molecule has 1 N–H and O–H groups in total. The normalized spacial score (nSPS) is 18.7. The Morgan fingerprint density at radius 3 is 2.88 bits per heavy atom. The smallest absolute Gasteiger partial charge is 0.257 e. The van der Waals surface area contributed by atoms with Gasteiger partial charge in [-0.1, -0.05) is 30.7 Å². The number of thiophene rings is 1. The van der Waals surface area contributed by atoms with E-state index in [1.165, 1.54) is 35.3 Å². The molecule has 2 aromatic rings. The standard InChI is InChI=1S/C21H22ClNOS2/c1-13-2-7-16-17-12-25-20(11-19(17)26-18(16)10-13)21(24)23-9-8-14-3-5-15(22)6-4-14/h3-6,11,13H,2,7-10,12H2,1H3,(H,23,24)/t13-/m1/s1. The maximum Gasteiger partial charge on any atom is 0.257 e. The van der Waals surface area contributed by atoms with Crippen LogP contribution in [0.2, 0.25) is 5.02 Å². The van der Waals surface area contributed by atoms with Crippen LogP contribution in [0.4, 0.5) is 0 Å². The van der Waals surface area contributed by atoms with Crippen LogP contribution in [0.15, 0.2) is 29.2 Å². The zero-order valence-electron chi connectivity index (χ0n) is 14.8. The van der Waals surface area contributed by atoms with Gasteiger partial charge in [-0.25, -0.2) is 0 Å². The van der Waals surface area contributed by atoms with Gasteiger partial charge < -0.3 is 5.32 Å². The van der Waals surface area contributed by atoms with Gasteiger partial charge in [0.2, 0.25) is 0 Å². The van der Waals surface area contributed by atoms with E-state index in [0.717, 1.165) is 28.0 Å². The topological polar surface area (TPSA) is 29.1 Å². The number of carbonyl (C=O) groups is 1. The van der Waals surface area contributed by atoms with E-state index in [-0.39, 0.29) is 5.91 Å². The maximum absolute atomic E-state index is 12.5. The average Bonchev–Trinajstić information content (AvgIpc) is 2.99. The highest BCUT2D eigenvalue weighted by Crippen LogP contribution is 2.43. The molecule has 1 aromatic carbocycles. The lowest BCUT2D eigenvalue weighted by Gasteiger charge is -2.19. The van der Waals surface area contributed by atoms with Crippen LogP contribution in [0.1, 0.15) is 39.8 Å². The molecule has 0 spiro atoms. The molecule has 1 aliphatic carbocycles. The zero-order valence-corrected chi connectivity index (χ0v) is 17.2. The van der Waals surface area contributed by atoms with E-state index < -0.39 is 0 Å². The van der Waals surface area contributed by atoms with Crippen molar-refractivity contribution in [3.8, 4) is 0 Å². The van der Waals surface area contributed by atoms with Crippen LogP contribution in [-0.2, 0) is 29.8 Å². The third-order valence-electron chi connectivity index (χ3n) is 5.12. The molecule has 0 radical (unpaired) electrons. The van der Waals surface area contributed by atoms with Gasteiger partial charge in [0.25, 0.3) is 5.91 Å². The van der Waals surface area contributed by atoms with Crippen molar-refractivity contribution in [3.63, 3.8) is 0 Å². The number of hydrogen-bond acceptors (Lipinski definition) is 3. The summed E-state index contributed by atoms with van der Waals surface area (Å²) in [4.78, 5) is 16.2. The van der Waals surface area contributed by atoms with Gasteiger partial charge >= 0.3 is 0 Å². The molecule has 0 unspecified atom stereocenters. The molecule has 1 atom stereocenters. The van der Waals surface area contributed by atoms with Gasteiger partial charge in [-0.3, -0.25) is 4.79 Å². The first-order chi connectivity index (χ1) is 12.6. The molecular weight excluding hydrogens is 382 g/mol. The van der Waals surface area contributed by atoms with E-state index in [1.54, 1.807) is 22.2 Å². The highest BCUT2D eigenvalue weighted by atomic mass is 35.5. The van der Waals surface area contributed by atoms with E-state index in [0.29, 0.717) is 6.54 Å². The van der Waals surface area contributed by atoms with Gasteiger partial charge in [0.1, 0.15) is 0 Å². The molecule has 1 aromatic heterocycles. The summed E-state index contributed by atoms with van der Waals surface area (Å²) in [5, 5.41) is 3.80. The summed E-state index contributed by atoms with van der Waals surface area (Å²) in [6.07, 6.45) is 6.63. The summed E-state index contributed by atoms with van der Waals surface area (Å²) in [6, 6.07) is 7.79. The Hall–Kier alpha value is -1.23. The third kappa shape index (κ3) is 3.88. The molecule has 2 heterocycles. The number of fused-ring (bicyclic) bond motifs is 3. The van der Waals surface area contributed by atoms with Crippen molar-refractivity contribution in [1.82, 2.24) is 5.32 Å². The lowest BCUT2D eigenvalue weighted by Crippen LogP contribution is -2.26. The van der Waals surface area contributed by atoms with E-state index in [1.807, 2.05) is 35.6 Å². The molecule has 136 valence electrons. The van der Waals surface area contributed by atoms with Crippen LogP contribution in [0.25, 0.3) is 6.08 Å². The Balaban J connectivity index is 1.40. The van der Waals surface area contributed by atoms with Gasteiger partial charge in [-0.05, 0) is 66.5 Å². The minimum Gasteiger partial charge on any atom is -0.351 e. The van der Waals surface area contributed by atoms with E-state index in [2.05, 4.69) is 18.3 Å². The Kier molecular flexibility index (Phi) is 5.44. The molecular formula is C21H22ClNOS2. The Morgan fingerprint density at radius 2 is 2.08 bits per heavy atom. The van der Waals surface area contributed by atoms with Crippen LogP contribution in [0, 0.1) is 5.92 Å². The van der Waals surface area contributed by atoms with E-state index in [4.69, 9.17) is 11.6 Å². The number of benzene rings is 1. The Bertz CT molecular complexity index is 854. The van der Waals surface area contributed by atoms with Gasteiger partial charge in [0.15, 0.2) is 0 Å². The predicted molar refractivity (Wildman–Crippen MR) is 113 cm³/mol. The summed E-state index contributed by atoms with van der Waals surface area (Å²) in [5.41, 5.74) is 4.25. The van der Waals surface area contributed by atoms with Crippen molar-refractivity contribution >= 4 is 46.7 Å². The molecule has 1 amide bonds. The summed E-state index contributed by atoms with van der Waals surface area (Å²) in [7, 11) is 0. The second-order valence-electron chi connectivity index (χ2n) is 7.12. The summed E-state index contributed by atoms with van der Waals surface area (Å²) in [6.45, 7) is 2.98. The molecule has 0 bridgehead atoms. The fourth-order valence-electron chi connectivity index (χ4n) is 3.61. The first-order valence-corrected chi connectivity index (χ1v) is 11.3. The van der Waals surface area contributed by atoms with Gasteiger partial charge in [-0.2, -0.15) is 0 Å². The molecule has 2 aliphatic rings. The molecule has 2 nitrogen and oxygen atoms in total. The number of hydrogen-bond donors (Lipinski definition) is 1. The molecule has 5 heteroatoms. The van der Waals surface area contributed by atoms with E-state index in [9.17, 15) is 4.79 Å². The van der Waals surface area contributed by atoms with Crippen LogP contribution < -0.4 is 5.32 Å². The quantitative estimate of drug-likeness (QED) is 0.732. The van der Waals surface area contributed by atoms with Crippen molar-refractivity contribution in [2.45, 2.75) is 38.4 Å². The Morgan fingerprint density at radius 1 is 1.27 bits per heavy atom. The summed E-state index contributed by atoms with van der Waals surface area (Å²) < 4.78 is 0. The number of rotatable bonds is 4. The monoisotopic (exact) mass is 403 g/mol. The Labute approximate surface area is 168 Å². The van der Waals surface area contributed by atoms with Gasteiger partial charge in [0.05, 0.1) is 4.91 Å². The van der Waals surface area contributed by atoms with Crippen molar-refractivity contribution in [1.29, 1.82) is 0 Å². The SMILES string of the molecule is C[C@@H]1CCc2c(sc3c2CSC(C(=O)NCCc2ccc(Cl)cc2)=C3)C1. The fraction of sp³-hybridized carbons (Fsp3) is 0.381. The molecule has 4 rings (SSSR count). The minimum atomic E-state index is 0.0503. The third-order valence-corrected chi connectivity index (χ3v) is 7.67. The second kappa shape index (κ2) is 7.79. The number of nitrogens with one attached hydrogen (secondary N) is 1. The minimum absolute atomic E-state index is 0.0503. The first-order valence-electron chi connectivity index (χ1n) is 9.10. The van der Waals surface area contributed by atoms with Crippen molar-refractivity contribution in [2.75, 3.05) is 6.54 Å². The predicted octanol–water partition coefficient (Wildman–Crippen LogP) is 5.47. The fourth-order valence-corrected chi connectivity index (χ4v) is 6.42. The van der Waals surface area contributed by atoms with E-state index >= 15 is 0 Å². The van der Waals surface area contributed by atoms with Crippen molar-refractivity contribution in [2.24, 2.45) is 5.92 Å². The average molecular weight is 404 g/mol. The number of halogens is 1. The van der Waals surface area contributed by atoms with Crippen molar-refractivity contribution < 1.29 is 4.79 Å². The molecule has 1 aliphatic heterocycles. The first kappa shape index (κ1) is 18.1. The van der Waals surface area contributed by atoms with Crippen LogP contribution in [0.5, 0.6) is 0 Å². The summed E-state index contributed by atoms with van der Waals surface area (Å²) in [5.74, 6) is 1.77. The molecule has 26 heavy (non-hydrogen) atoms. The summed E-state index contributed by atoms with van der Waals surface area (Å²) >= 11 is 9.49. The lowest BCUT2D eigenvalue weighted by atomic mass is 9.88. The largest absolute Gasteiger partial charge is 0.351 e. The van der Waals surface area contributed by atoms with Crippen LogP contribution >= 0.6 is 34.7 Å². The number of amides is 1. The van der Waals surface area contributed by atoms with Crippen molar-refractivity contribution in [3.05, 3.63) is 60.6 Å². The van der Waals surface area contributed by atoms with Crippen LogP contribution in [-0.4, -0.2) is 12.5 Å². The zero-order chi connectivity index (χ0) is 18.1. The van der Waals surface area contributed by atoms with Crippen LogP contribution in [0.3, 0.4) is 0 Å². The maximum atomic E-state index is 12.5. The highest BCUT2D eigenvalue weighted by molar-refractivity contribution is 8.03. The molecule has 0 saturated carbocycles. The number of carbonyl (C=O) groups excluding carboxylic acids is 1. The second-order valence-corrected chi connectivity index (χ2v) is 9.71. The molecule has 0 saturated heterocycles. The molecule has 0 fully saturated rings. The van der Waals surface area contributed by atoms with Gasteiger partial charge in [0, 0.05) is 27.1 Å². The number of thioether (sulfide) groups is 1. The van der Waals surface area contributed by atoms with Gasteiger partial charge in [-0.15, -0.1) is 23.1 Å².